The molecule has 0 bridgehead atoms. The molecule has 244 valence electrons. The number of nitrogens with zero attached hydrogens (tertiary/aromatic N) is 1. The highest BCUT2D eigenvalue weighted by atomic mass is 32.1. The number of thiophene rings is 1. The number of hydrogen-bond donors (Lipinski definition) is 0. The van der Waals surface area contributed by atoms with Gasteiger partial charge in [-0.3, -0.25) is 0 Å². The van der Waals surface area contributed by atoms with Crippen LogP contribution >= 0.6 is 11.3 Å². The van der Waals surface area contributed by atoms with Crippen LogP contribution in [0, 0.1) is 0 Å². The molecular formula is C48H29NO2S. The lowest BCUT2D eigenvalue weighted by atomic mass is 9.96. The number of hydrogen-bond acceptors (Lipinski definition) is 4. The van der Waals surface area contributed by atoms with Gasteiger partial charge < -0.3 is 13.7 Å². The average molecular weight is 684 g/mol. The van der Waals surface area contributed by atoms with Gasteiger partial charge in [0.05, 0.1) is 5.69 Å². The van der Waals surface area contributed by atoms with Crippen LogP contribution in [0.3, 0.4) is 0 Å². The molecule has 8 aromatic carbocycles. The molecule has 11 aromatic rings. The molecule has 0 radical (unpaired) electrons. The maximum absolute atomic E-state index is 6.71. The molecule has 0 aliphatic carbocycles. The molecule has 0 spiro atoms. The number of furan rings is 2. The number of benzene rings is 8. The second kappa shape index (κ2) is 11.5. The Morgan fingerprint density at radius 2 is 0.981 bits per heavy atom. The van der Waals surface area contributed by atoms with Gasteiger partial charge in [-0.1, -0.05) is 97.1 Å². The van der Waals surface area contributed by atoms with Crippen LogP contribution in [0.2, 0.25) is 0 Å². The van der Waals surface area contributed by atoms with Crippen LogP contribution in [0.5, 0.6) is 0 Å². The van der Waals surface area contributed by atoms with E-state index in [2.05, 4.69) is 169 Å². The average Bonchev–Trinajstić information content (AvgIpc) is 3.89. The molecule has 0 amide bonds. The maximum Gasteiger partial charge on any atom is 0.159 e. The highest BCUT2D eigenvalue weighted by Gasteiger charge is 2.20. The summed E-state index contributed by atoms with van der Waals surface area (Å²) >= 11 is 1.85. The Balaban J connectivity index is 1.07. The third kappa shape index (κ3) is 4.51. The molecule has 0 N–H and O–H groups in total. The third-order valence-corrected chi connectivity index (χ3v) is 11.4. The van der Waals surface area contributed by atoms with Gasteiger partial charge >= 0.3 is 0 Å². The zero-order valence-corrected chi connectivity index (χ0v) is 28.7. The van der Waals surface area contributed by atoms with Crippen molar-refractivity contribution in [3.05, 3.63) is 176 Å². The Kier molecular flexibility index (Phi) is 6.42. The molecule has 0 fully saturated rings. The Morgan fingerprint density at radius 3 is 1.79 bits per heavy atom. The molecule has 52 heavy (non-hydrogen) atoms. The first-order valence-electron chi connectivity index (χ1n) is 17.5. The fraction of sp³-hybridized carbons (Fsp3) is 0. The summed E-state index contributed by atoms with van der Waals surface area (Å²) in [4.78, 5) is 2.27. The fourth-order valence-corrected chi connectivity index (χ4v) is 8.97. The fourth-order valence-electron chi connectivity index (χ4n) is 7.86. The Labute approximate surface area is 303 Å². The van der Waals surface area contributed by atoms with Crippen molar-refractivity contribution in [3.8, 4) is 22.3 Å². The molecule has 0 saturated heterocycles. The van der Waals surface area contributed by atoms with Gasteiger partial charge in [-0.15, -0.1) is 11.3 Å². The largest absolute Gasteiger partial charge is 0.456 e. The van der Waals surface area contributed by atoms with Crippen LogP contribution in [0.15, 0.2) is 185 Å². The molecule has 3 heterocycles. The predicted octanol–water partition coefficient (Wildman–Crippen LogP) is 14.7. The van der Waals surface area contributed by atoms with E-state index in [4.69, 9.17) is 8.83 Å². The minimum Gasteiger partial charge on any atom is -0.456 e. The molecule has 0 atom stereocenters. The summed E-state index contributed by atoms with van der Waals surface area (Å²) < 4.78 is 15.4. The number of anilines is 3. The van der Waals surface area contributed by atoms with Gasteiger partial charge in [0, 0.05) is 53.1 Å². The number of para-hydroxylation sites is 4. The SMILES string of the molecule is c1ccc(N(c2ccccc2)c2cccc3c2oc2ccc(-c4cccc5sc6ccc(-c7ccc8oc9ccccc9c8c7)cc6c45)cc23)cc1. The van der Waals surface area contributed by atoms with E-state index < -0.39 is 0 Å². The minimum absolute atomic E-state index is 0.869. The predicted molar refractivity (Wildman–Crippen MR) is 219 cm³/mol. The summed E-state index contributed by atoms with van der Waals surface area (Å²) in [7, 11) is 0. The van der Waals surface area contributed by atoms with Crippen LogP contribution in [0.25, 0.3) is 86.3 Å². The first-order valence-corrected chi connectivity index (χ1v) is 18.3. The van der Waals surface area contributed by atoms with Crippen molar-refractivity contribution in [2.75, 3.05) is 4.90 Å². The van der Waals surface area contributed by atoms with Gasteiger partial charge in [0.1, 0.15) is 16.7 Å². The number of rotatable bonds is 5. The normalized spacial score (nSPS) is 11.8. The van der Waals surface area contributed by atoms with Crippen molar-refractivity contribution < 1.29 is 8.83 Å². The van der Waals surface area contributed by atoms with Crippen LogP contribution in [-0.2, 0) is 0 Å². The summed E-state index contributed by atoms with van der Waals surface area (Å²) in [5.41, 5.74) is 11.5. The zero-order chi connectivity index (χ0) is 34.2. The van der Waals surface area contributed by atoms with Crippen LogP contribution in [-0.4, -0.2) is 0 Å². The quantitative estimate of drug-likeness (QED) is 0.181. The van der Waals surface area contributed by atoms with Crippen LogP contribution in [0.4, 0.5) is 17.1 Å². The van der Waals surface area contributed by atoms with E-state index in [1.165, 1.54) is 42.4 Å². The van der Waals surface area contributed by atoms with Crippen molar-refractivity contribution in [3.63, 3.8) is 0 Å². The zero-order valence-electron chi connectivity index (χ0n) is 27.9. The molecule has 3 nitrogen and oxygen atoms in total. The van der Waals surface area contributed by atoms with Gasteiger partial charge in [-0.25, -0.2) is 0 Å². The summed E-state index contributed by atoms with van der Waals surface area (Å²) in [5, 5.41) is 7.04. The second-order valence-electron chi connectivity index (χ2n) is 13.3. The van der Waals surface area contributed by atoms with E-state index in [0.29, 0.717) is 0 Å². The van der Waals surface area contributed by atoms with Gasteiger partial charge in [0.15, 0.2) is 5.58 Å². The van der Waals surface area contributed by atoms with Crippen LogP contribution < -0.4 is 4.90 Å². The monoisotopic (exact) mass is 683 g/mol. The molecule has 0 aliphatic heterocycles. The summed E-state index contributed by atoms with van der Waals surface area (Å²) in [6.07, 6.45) is 0. The summed E-state index contributed by atoms with van der Waals surface area (Å²) in [6.45, 7) is 0. The molecule has 0 saturated carbocycles. The smallest absolute Gasteiger partial charge is 0.159 e. The van der Waals surface area contributed by atoms with Gasteiger partial charge in [0.2, 0.25) is 0 Å². The lowest BCUT2D eigenvalue weighted by molar-refractivity contribution is 0.668. The van der Waals surface area contributed by atoms with E-state index >= 15 is 0 Å². The second-order valence-corrected chi connectivity index (χ2v) is 14.4. The minimum atomic E-state index is 0.869. The molecule has 0 aliphatic rings. The third-order valence-electron chi connectivity index (χ3n) is 10.3. The van der Waals surface area contributed by atoms with Gasteiger partial charge in [-0.05, 0) is 101 Å². The van der Waals surface area contributed by atoms with Gasteiger partial charge in [0.25, 0.3) is 0 Å². The van der Waals surface area contributed by atoms with Gasteiger partial charge in [-0.2, -0.15) is 0 Å². The summed E-state index contributed by atoms with van der Waals surface area (Å²) in [6, 6.07) is 62.4. The molecule has 11 rings (SSSR count). The lowest BCUT2D eigenvalue weighted by Crippen LogP contribution is -2.09. The van der Waals surface area contributed by atoms with Crippen LogP contribution in [0.1, 0.15) is 0 Å². The van der Waals surface area contributed by atoms with E-state index in [-0.39, 0.29) is 0 Å². The van der Waals surface area contributed by atoms with E-state index in [1.807, 2.05) is 23.5 Å². The standard InChI is InChI=1S/C48H29NO2S/c1-3-11-33(12-4-1)49(34-13-5-2-6-14-34)41-18-9-17-37-39-29-32(22-25-44(39)51-48(37)41)35-16-10-20-46-47(35)40-28-31(23-26-45(40)52-46)30-21-24-43-38(27-30)36-15-7-8-19-42(36)50-43/h1-29H. The molecular weight excluding hydrogens is 655 g/mol. The Hall–Kier alpha value is -6.62. The topological polar surface area (TPSA) is 29.5 Å². The Bertz CT molecular complexity index is 3090. The van der Waals surface area contributed by atoms with Crippen molar-refractivity contribution >= 4 is 92.4 Å². The highest BCUT2D eigenvalue weighted by molar-refractivity contribution is 7.26. The first kappa shape index (κ1) is 29.1. The van der Waals surface area contributed by atoms with Crippen molar-refractivity contribution in [2.45, 2.75) is 0 Å². The van der Waals surface area contributed by atoms with E-state index in [0.717, 1.165) is 60.9 Å². The maximum atomic E-state index is 6.71. The van der Waals surface area contributed by atoms with Crippen molar-refractivity contribution in [1.82, 2.24) is 0 Å². The Morgan fingerprint density at radius 1 is 0.385 bits per heavy atom. The van der Waals surface area contributed by atoms with Crippen molar-refractivity contribution in [1.29, 1.82) is 0 Å². The lowest BCUT2D eigenvalue weighted by Gasteiger charge is -2.25. The van der Waals surface area contributed by atoms with E-state index in [9.17, 15) is 0 Å². The molecule has 3 aromatic heterocycles. The highest BCUT2D eigenvalue weighted by Crippen LogP contribution is 2.45. The molecule has 4 heteroatoms. The van der Waals surface area contributed by atoms with E-state index in [1.54, 1.807) is 0 Å². The molecule has 0 unspecified atom stereocenters. The number of fused-ring (bicyclic) bond motifs is 9. The summed E-state index contributed by atoms with van der Waals surface area (Å²) in [5.74, 6) is 0. The van der Waals surface area contributed by atoms with Crippen molar-refractivity contribution in [2.24, 2.45) is 0 Å². The first-order chi connectivity index (χ1) is 25.8.